The SMILES string of the molecule is c1cc(-c2ccc3oc4ccccc4c3c2)cc(-c2c3ccccc3c(-c3cccc4ccccc34)c3ccc(-c4cccc5ccccc45)cc23)c1. The Bertz CT molecular complexity index is 3220. The average molecular weight is 673 g/mol. The fraction of sp³-hybridized carbons (Fsp3) is 0. The molecule has 1 heteroatoms. The van der Waals surface area contributed by atoms with Crippen LogP contribution in [0.2, 0.25) is 0 Å². The molecule has 0 aliphatic heterocycles. The normalized spacial score (nSPS) is 11.8. The summed E-state index contributed by atoms with van der Waals surface area (Å²) in [5, 5.41) is 12.3. The fourth-order valence-corrected chi connectivity index (χ4v) is 8.63. The summed E-state index contributed by atoms with van der Waals surface area (Å²) in [6.45, 7) is 0. The van der Waals surface area contributed by atoms with Gasteiger partial charge in [-0.05, 0) is 118 Å². The summed E-state index contributed by atoms with van der Waals surface area (Å²) in [5.74, 6) is 0. The molecule has 11 aromatic rings. The maximum Gasteiger partial charge on any atom is 0.135 e. The van der Waals surface area contributed by atoms with Gasteiger partial charge in [0.25, 0.3) is 0 Å². The zero-order valence-corrected chi connectivity index (χ0v) is 28.9. The topological polar surface area (TPSA) is 13.1 Å². The molecule has 0 radical (unpaired) electrons. The number of furan rings is 1. The van der Waals surface area contributed by atoms with Crippen molar-refractivity contribution in [1.82, 2.24) is 0 Å². The van der Waals surface area contributed by atoms with Gasteiger partial charge >= 0.3 is 0 Å². The van der Waals surface area contributed by atoms with Crippen molar-refractivity contribution < 1.29 is 4.42 Å². The Labute approximate surface area is 307 Å². The van der Waals surface area contributed by atoms with Crippen molar-refractivity contribution in [3.8, 4) is 44.5 Å². The summed E-state index contributed by atoms with van der Waals surface area (Å²) in [4.78, 5) is 0. The first-order valence-electron chi connectivity index (χ1n) is 18.3. The predicted molar refractivity (Wildman–Crippen MR) is 225 cm³/mol. The third kappa shape index (κ3) is 4.71. The van der Waals surface area contributed by atoms with Gasteiger partial charge in [-0.3, -0.25) is 0 Å². The molecule has 0 amide bonds. The lowest BCUT2D eigenvalue weighted by molar-refractivity contribution is 0.669. The quantitative estimate of drug-likeness (QED) is 0.170. The van der Waals surface area contributed by atoms with Gasteiger partial charge in [0, 0.05) is 10.8 Å². The summed E-state index contributed by atoms with van der Waals surface area (Å²) < 4.78 is 6.18. The molecular weight excluding hydrogens is 641 g/mol. The van der Waals surface area contributed by atoms with Gasteiger partial charge in [0.1, 0.15) is 11.2 Å². The molecule has 0 saturated heterocycles. The molecule has 11 rings (SSSR count). The van der Waals surface area contributed by atoms with Gasteiger partial charge in [-0.1, -0.05) is 164 Å². The molecule has 0 unspecified atom stereocenters. The lowest BCUT2D eigenvalue weighted by Crippen LogP contribution is -1.93. The largest absolute Gasteiger partial charge is 0.456 e. The highest BCUT2D eigenvalue weighted by Crippen LogP contribution is 2.47. The summed E-state index contributed by atoms with van der Waals surface area (Å²) >= 11 is 0. The van der Waals surface area contributed by atoms with Crippen LogP contribution in [0.5, 0.6) is 0 Å². The molecule has 0 bridgehead atoms. The second kappa shape index (κ2) is 11.8. The molecule has 0 aliphatic rings. The third-order valence-electron chi connectivity index (χ3n) is 11.0. The van der Waals surface area contributed by atoms with Gasteiger partial charge in [-0.2, -0.15) is 0 Å². The van der Waals surface area contributed by atoms with Crippen LogP contribution in [0.4, 0.5) is 0 Å². The van der Waals surface area contributed by atoms with Gasteiger partial charge in [0.2, 0.25) is 0 Å². The summed E-state index contributed by atoms with van der Waals surface area (Å²) in [5.41, 5.74) is 11.6. The minimum Gasteiger partial charge on any atom is -0.456 e. The Balaban J connectivity index is 1.21. The number of benzene rings is 10. The highest BCUT2D eigenvalue weighted by Gasteiger charge is 2.20. The van der Waals surface area contributed by atoms with Crippen LogP contribution in [0.3, 0.4) is 0 Å². The van der Waals surface area contributed by atoms with E-state index in [9.17, 15) is 0 Å². The maximum absolute atomic E-state index is 6.18. The minimum atomic E-state index is 0.910. The van der Waals surface area contributed by atoms with Crippen molar-refractivity contribution in [2.45, 2.75) is 0 Å². The van der Waals surface area contributed by atoms with E-state index in [-0.39, 0.29) is 0 Å². The van der Waals surface area contributed by atoms with Gasteiger partial charge in [0.15, 0.2) is 0 Å². The second-order valence-corrected chi connectivity index (χ2v) is 14.0. The summed E-state index contributed by atoms with van der Waals surface area (Å²) in [7, 11) is 0. The molecule has 0 aliphatic carbocycles. The van der Waals surface area contributed by atoms with E-state index >= 15 is 0 Å². The monoisotopic (exact) mass is 672 g/mol. The first kappa shape index (κ1) is 29.7. The van der Waals surface area contributed by atoms with Crippen LogP contribution < -0.4 is 0 Å². The Morgan fingerprint density at radius 3 is 1.55 bits per heavy atom. The Morgan fingerprint density at radius 1 is 0.245 bits per heavy atom. The van der Waals surface area contributed by atoms with Crippen LogP contribution in [-0.2, 0) is 0 Å². The molecule has 246 valence electrons. The molecule has 0 spiro atoms. The smallest absolute Gasteiger partial charge is 0.135 e. The van der Waals surface area contributed by atoms with Crippen molar-refractivity contribution >= 4 is 65.0 Å². The van der Waals surface area contributed by atoms with E-state index in [1.165, 1.54) is 87.6 Å². The number of hydrogen-bond acceptors (Lipinski definition) is 1. The van der Waals surface area contributed by atoms with E-state index in [4.69, 9.17) is 4.42 Å². The van der Waals surface area contributed by atoms with Crippen LogP contribution in [0.15, 0.2) is 199 Å². The molecule has 1 aromatic heterocycles. The second-order valence-electron chi connectivity index (χ2n) is 14.0. The van der Waals surface area contributed by atoms with Gasteiger partial charge in [-0.25, -0.2) is 0 Å². The number of rotatable bonds is 4. The molecule has 1 nitrogen and oxygen atoms in total. The van der Waals surface area contributed by atoms with Gasteiger partial charge in [0.05, 0.1) is 0 Å². The molecular formula is C52H32O. The Hall–Kier alpha value is -6.96. The highest BCUT2D eigenvalue weighted by molar-refractivity contribution is 6.24. The lowest BCUT2D eigenvalue weighted by atomic mass is 9.83. The molecule has 1 heterocycles. The maximum atomic E-state index is 6.18. The van der Waals surface area contributed by atoms with E-state index in [0.29, 0.717) is 0 Å². The van der Waals surface area contributed by atoms with E-state index in [0.717, 1.165) is 21.9 Å². The van der Waals surface area contributed by atoms with Crippen LogP contribution in [0.1, 0.15) is 0 Å². The van der Waals surface area contributed by atoms with E-state index in [1.807, 2.05) is 12.1 Å². The number of fused-ring (bicyclic) bond motifs is 7. The average Bonchev–Trinajstić information content (AvgIpc) is 3.60. The highest BCUT2D eigenvalue weighted by atomic mass is 16.3. The van der Waals surface area contributed by atoms with Gasteiger partial charge < -0.3 is 4.42 Å². The molecule has 0 saturated carbocycles. The molecule has 0 N–H and O–H groups in total. The first-order chi connectivity index (χ1) is 26.3. The first-order valence-corrected chi connectivity index (χ1v) is 18.3. The van der Waals surface area contributed by atoms with Gasteiger partial charge in [-0.15, -0.1) is 0 Å². The van der Waals surface area contributed by atoms with Crippen molar-refractivity contribution in [2.75, 3.05) is 0 Å². The van der Waals surface area contributed by atoms with Crippen molar-refractivity contribution in [3.05, 3.63) is 194 Å². The predicted octanol–water partition coefficient (Wildman–Crippen LogP) is 14.9. The van der Waals surface area contributed by atoms with Crippen LogP contribution in [0, 0.1) is 0 Å². The molecule has 0 fully saturated rings. The van der Waals surface area contributed by atoms with Crippen LogP contribution in [-0.4, -0.2) is 0 Å². The fourth-order valence-electron chi connectivity index (χ4n) is 8.63. The van der Waals surface area contributed by atoms with Crippen molar-refractivity contribution in [2.24, 2.45) is 0 Å². The summed E-state index contributed by atoms with van der Waals surface area (Å²) in [6.07, 6.45) is 0. The van der Waals surface area contributed by atoms with Crippen LogP contribution >= 0.6 is 0 Å². The van der Waals surface area contributed by atoms with E-state index < -0.39 is 0 Å². The number of hydrogen-bond donors (Lipinski definition) is 0. The van der Waals surface area contributed by atoms with Crippen molar-refractivity contribution in [3.63, 3.8) is 0 Å². The lowest BCUT2D eigenvalue weighted by Gasteiger charge is -2.20. The Morgan fingerprint density at radius 2 is 0.755 bits per heavy atom. The summed E-state index contributed by atoms with van der Waals surface area (Å²) in [6, 6.07) is 70.8. The molecule has 53 heavy (non-hydrogen) atoms. The standard InChI is InChI=1S/C52H32O/c1-3-18-39-33(12-1)14-10-23-41(39)37-26-28-46-48(32-37)51(44-21-5-6-22-45(44)52(46)43-24-11-15-34-13-2-4-19-40(34)43)38-17-9-16-35(30-38)36-27-29-50-47(31-36)42-20-7-8-25-49(42)53-50/h1-32H. The van der Waals surface area contributed by atoms with Crippen LogP contribution in [0.25, 0.3) is 110 Å². The van der Waals surface area contributed by atoms with E-state index in [1.54, 1.807) is 0 Å². The number of para-hydroxylation sites is 1. The zero-order valence-electron chi connectivity index (χ0n) is 28.9. The van der Waals surface area contributed by atoms with E-state index in [2.05, 4.69) is 182 Å². The third-order valence-corrected chi connectivity index (χ3v) is 11.0. The zero-order chi connectivity index (χ0) is 34.9. The minimum absolute atomic E-state index is 0.910. The molecule has 10 aromatic carbocycles. The Kier molecular flexibility index (Phi) is 6.62. The van der Waals surface area contributed by atoms with Crippen molar-refractivity contribution in [1.29, 1.82) is 0 Å². The molecule has 0 atom stereocenters.